The zero-order valence-electron chi connectivity index (χ0n) is 11.3. The van der Waals surface area contributed by atoms with Crippen LogP contribution in [0.5, 0.6) is 11.5 Å². The van der Waals surface area contributed by atoms with Gasteiger partial charge in [0.1, 0.15) is 11.5 Å². The quantitative estimate of drug-likeness (QED) is 0.757. The van der Waals surface area contributed by atoms with E-state index in [1.54, 1.807) is 0 Å². The Morgan fingerprint density at radius 2 is 1.15 bits per heavy atom. The Bertz CT molecular complexity index is 473. The molecule has 0 aliphatic carbocycles. The van der Waals surface area contributed by atoms with Gasteiger partial charge >= 0.3 is 8.53 Å². The minimum atomic E-state index is -1.08. The number of nitrogens with zero attached hydrogens (tertiary/aromatic N) is 1. The van der Waals surface area contributed by atoms with Crippen LogP contribution >= 0.6 is 8.53 Å². The molecule has 0 unspecified atom stereocenters. The third-order valence-electron chi connectivity index (χ3n) is 3.17. The summed E-state index contributed by atoms with van der Waals surface area (Å²) in [6, 6.07) is 19.8. The maximum atomic E-state index is 6.07. The van der Waals surface area contributed by atoms with E-state index in [9.17, 15) is 0 Å². The highest BCUT2D eigenvalue weighted by Gasteiger charge is 2.27. The lowest BCUT2D eigenvalue weighted by molar-refractivity contribution is 0.391. The van der Waals surface area contributed by atoms with E-state index in [2.05, 4.69) is 4.67 Å². The maximum Gasteiger partial charge on any atom is 0.384 e. The standard InChI is InChI=1S/C16H18NO2P/c1-3-9-15(10-4-1)18-20(17-13-7-8-14-17)19-16-11-5-2-6-12-16/h1-6,9-12H,7-8,13-14H2. The normalized spacial score (nSPS) is 15.4. The minimum absolute atomic E-state index is 0.862. The van der Waals surface area contributed by atoms with E-state index < -0.39 is 8.53 Å². The van der Waals surface area contributed by atoms with Gasteiger partial charge in [0.15, 0.2) is 0 Å². The molecule has 104 valence electrons. The summed E-state index contributed by atoms with van der Waals surface area (Å²) >= 11 is 0. The molecule has 2 aromatic carbocycles. The smallest absolute Gasteiger partial charge is 0.384 e. The Labute approximate surface area is 121 Å². The topological polar surface area (TPSA) is 21.7 Å². The molecule has 3 rings (SSSR count). The summed E-state index contributed by atoms with van der Waals surface area (Å²) in [5.74, 6) is 1.72. The van der Waals surface area contributed by atoms with Crippen LogP contribution in [0.15, 0.2) is 60.7 Å². The lowest BCUT2D eigenvalue weighted by atomic mass is 10.3. The van der Waals surface area contributed by atoms with Crippen LogP contribution in [-0.4, -0.2) is 17.8 Å². The SMILES string of the molecule is c1ccc(OP(Oc2ccccc2)N2CCCC2)cc1. The fraction of sp³-hybridized carbons (Fsp3) is 0.250. The monoisotopic (exact) mass is 287 g/mol. The molecule has 1 heterocycles. The predicted octanol–water partition coefficient (Wildman–Crippen LogP) is 4.47. The van der Waals surface area contributed by atoms with Crippen LogP contribution in [0.4, 0.5) is 0 Å². The van der Waals surface area contributed by atoms with E-state index in [0.29, 0.717) is 0 Å². The van der Waals surface area contributed by atoms with E-state index in [1.807, 2.05) is 60.7 Å². The van der Waals surface area contributed by atoms with Crippen LogP contribution < -0.4 is 9.05 Å². The first-order chi connectivity index (χ1) is 9.92. The van der Waals surface area contributed by atoms with Crippen molar-refractivity contribution in [1.29, 1.82) is 0 Å². The molecule has 20 heavy (non-hydrogen) atoms. The number of benzene rings is 2. The van der Waals surface area contributed by atoms with Crippen molar-refractivity contribution in [3.05, 3.63) is 60.7 Å². The second-order valence-electron chi connectivity index (χ2n) is 4.71. The van der Waals surface area contributed by atoms with Gasteiger partial charge in [0.25, 0.3) is 0 Å². The van der Waals surface area contributed by atoms with Gasteiger partial charge < -0.3 is 9.05 Å². The second kappa shape index (κ2) is 6.74. The van der Waals surface area contributed by atoms with Gasteiger partial charge in [-0.15, -0.1) is 0 Å². The van der Waals surface area contributed by atoms with Crippen molar-refractivity contribution in [3.8, 4) is 11.5 Å². The molecule has 1 saturated heterocycles. The molecule has 0 spiro atoms. The molecular formula is C16H18NO2P. The van der Waals surface area contributed by atoms with Crippen LogP contribution in [-0.2, 0) is 0 Å². The first kappa shape index (κ1) is 13.4. The van der Waals surface area contributed by atoms with E-state index in [-0.39, 0.29) is 0 Å². The predicted molar refractivity (Wildman–Crippen MR) is 81.9 cm³/mol. The van der Waals surface area contributed by atoms with Crippen LogP contribution in [0.25, 0.3) is 0 Å². The molecule has 1 fully saturated rings. The molecule has 1 aliphatic rings. The van der Waals surface area contributed by atoms with Gasteiger partial charge in [0.2, 0.25) is 0 Å². The molecule has 0 radical (unpaired) electrons. The van der Waals surface area contributed by atoms with Crippen molar-refractivity contribution in [3.63, 3.8) is 0 Å². The fourth-order valence-electron chi connectivity index (χ4n) is 2.14. The van der Waals surface area contributed by atoms with E-state index in [0.717, 1.165) is 24.6 Å². The average Bonchev–Trinajstić information content (AvgIpc) is 3.03. The van der Waals surface area contributed by atoms with Crippen LogP contribution in [0, 0.1) is 0 Å². The number of rotatable bonds is 5. The summed E-state index contributed by atoms with van der Waals surface area (Å²) in [5, 5.41) is 0. The summed E-state index contributed by atoms with van der Waals surface area (Å²) in [7, 11) is -1.08. The Hall–Kier alpha value is -1.57. The molecule has 0 saturated carbocycles. The molecule has 0 atom stereocenters. The number of hydrogen-bond acceptors (Lipinski definition) is 3. The average molecular weight is 287 g/mol. The molecule has 0 amide bonds. The zero-order valence-corrected chi connectivity index (χ0v) is 12.2. The Morgan fingerprint density at radius 1 is 0.700 bits per heavy atom. The van der Waals surface area contributed by atoms with Crippen molar-refractivity contribution in [2.75, 3.05) is 13.1 Å². The molecule has 0 bridgehead atoms. The second-order valence-corrected chi connectivity index (χ2v) is 6.11. The van der Waals surface area contributed by atoms with Crippen molar-refractivity contribution in [2.24, 2.45) is 0 Å². The van der Waals surface area contributed by atoms with Crippen molar-refractivity contribution in [1.82, 2.24) is 4.67 Å². The molecule has 1 aliphatic heterocycles. The van der Waals surface area contributed by atoms with Crippen molar-refractivity contribution in [2.45, 2.75) is 12.8 Å². The Kier molecular flexibility index (Phi) is 4.52. The lowest BCUT2D eigenvalue weighted by Crippen LogP contribution is -2.18. The highest BCUT2D eigenvalue weighted by Crippen LogP contribution is 2.45. The van der Waals surface area contributed by atoms with Gasteiger partial charge in [-0.05, 0) is 37.1 Å². The summed E-state index contributed by atoms with van der Waals surface area (Å²) in [6.45, 7) is 2.09. The number of hydrogen-bond donors (Lipinski definition) is 0. The molecule has 4 heteroatoms. The van der Waals surface area contributed by atoms with Gasteiger partial charge in [-0.1, -0.05) is 36.4 Å². The lowest BCUT2D eigenvalue weighted by Gasteiger charge is -2.25. The fourth-order valence-corrected chi connectivity index (χ4v) is 3.62. The Morgan fingerprint density at radius 3 is 1.60 bits per heavy atom. The highest BCUT2D eigenvalue weighted by atomic mass is 31.2. The van der Waals surface area contributed by atoms with Gasteiger partial charge in [-0.3, -0.25) is 0 Å². The van der Waals surface area contributed by atoms with Crippen LogP contribution in [0.2, 0.25) is 0 Å². The third-order valence-corrected chi connectivity index (χ3v) is 4.76. The molecule has 2 aromatic rings. The van der Waals surface area contributed by atoms with Gasteiger partial charge in [0, 0.05) is 13.1 Å². The number of para-hydroxylation sites is 2. The van der Waals surface area contributed by atoms with Gasteiger partial charge in [-0.25, -0.2) is 4.67 Å². The Balaban J connectivity index is 1.73. The van der Waals surface area contributed by atoms with Crippen molar-refractivity contribution < 1.29 is 9.05 Å². The van der Waals surface area contributed by atoms with Crippen LogP contribution in [0.1, 0.15) is 12.8 Å². The van der Waals surface area contributed by atoms with E-state index in [4.69, 9.17) is 9.05 Å². The minimum Gasteiger partial charge on any atom is -0.427 e. The third kappa shape index (κ3) is 3.50. The molecule has 0 aromatic heterocycles. The molecule has 0 N–H and O–H groups in total. The van der Waals surface area contributed by atoms with E-state index >= 15 is 0 Å². The summed E-state index contributed by atoms with van der Waals surface area (Å²) in [5.41, 5.74) is 0. The molecule has 3 nitrogen and oxygen atoms in total. The maximum absolute atomic E-state index is 6.07. The summed E-state index contributed by atoms with van der Waals surface area (Å²) < 4.78 is 14.4. The largest absolute Gasteiger partial charge is 0.427 e. The van der Waals surface area contributed by atoms with Gasteiger partial charge in [0.05, 0.1) is 0 Å². The first-order valence-corrected chi connectivity index (χ1v) is 8.06. The zero-order chi connectivity index (χ0) is 13.6. The van der Waals surface area contributed by atoms with E-state index in [1.165, 1.54) is 12.8 Å². The van der Waals surface area contributed by atoms with Gasteiger partial charge in [-0.2, -0.15) is 0 Å². The summed E-state index contributed by atoms with van der Waals surface area (Å²) in [4.78, 5) is 0. The van der Waals surface area contributed by atoms with Crippen molar-refractivity contribution >= 4 is 8.53 Å². The highest BCUT2D eigenvalue weighted by molar-refractivity contribution is 7.45. The first-order valence-electron chi connectivity index (χ1n) is 6.93. The summed E-state index contributed by atoms with van der Waals surface area (Å²) in [6.07, 6.45) is 2.43. The molecular weight excluding hydrogens is 269 g/mol. The van der Waals surface area contributed by atoms with Crippen LogP contribution in [0.3, 0.4) is 0 Å².